The van der Waals surface area contributed by atoms with E-state index in [1.807, 2.05) is 12.1 Å². The summed E-state index contributed by atoms with van der Waals surface area (Å²) in [6.45, 7) is 2.05. The first kappa shape index (κ1) is 14.1. The zero-order valence-electron chi connectivity index (χ0n) is 11.6. The van der Waals surface area contributed by atoms with E-state index in [0.717, 1.165) is 18.6 Å². The van der Waals surface area contributed by atoms with Gasteiger partial charge in [0.05, 0.1) is 6.04 Å². The van der Waals surface area contributed by atoms with Crippen LogP contribution in [0.15, 0.2) is 21.2 Å². The van der Waals surface area contributed by atoms with E-state index >= 15 is 0 Å². The summed E-state index contributed by atoms with van der Waals surface area (Å²) < 4.78 is 6.35. The summed E-state index contributed by atoms with van der Waals surface area (Å²) in [4.78, 5) is 13.8. The van der Waals surface area contributed by atoms with Crippen LogP contribution in [0.25, 0.3) is 0 Å². The van der Waals surface area contributed by atoms with Crippen LogP contribution in [0, 0.1) is 5.92 Å². The Hall–Kier alpha value is -0.810. The first-order valence-electron chi connectivity index (χ1n) is 7.33. The Balaban J connectivity index is 1.88. The van der Waals surface area contributed by atoms with Gasteiger partial charge in [0.2, 0.25) is 0 Å². The smallest absolute Gasteiger partial charge is 0.320 e. The summed E-state index contributed by atoms with van der Waals surface area (Å²) in [7, 11) is 0. The van der Waals surface area contributed by atoms with Crippen molar-refractivity contribution in [2.75, 3.05) is 0 Å². The third kappa shape index (κ3) is 2.42. The third-order valence-electron chi connectivity index (χ3n) is 4.88. The summed E-state index contributed by atoms with van der Waals surface area (Å²) in [6, 6.07) is 3.83. The molecule has 0 aromatic carbocycles. The normalized spacial score (nSPS) is 32.0. The molecule has 1 saturated heterocycles. The lowest BCUT2D eigenvalue weighted by Crippen LogP contribution is -2.43. The van der Waals surface area contributed by atoms with Crippen LogP contribution < -0.4 is 0 Å². The fourth-order valence-corrected chi connectivity index (χ4v) is 4.30. The molecule has 2 heterocycles. The van der Waals surface area contributed by atoms with Gasteiger partial charge in [-0.25, -0.2) is 0 Å². The van der Waals surface area contributed by atoms with Gasteiger partial charge < -0.3 is 9.52 Å². The van der Waals surface area contributed by atoms with Crippen molar-refractivity contribution in [1.82, 2.24) is 4.90 Å². The fraction of sp³-hybridized carbons (Fsp3) is 0.667. The Morgan fingerprint density at radius 2 is 2.20 bits per heavy atom. The van der Waals surface area contributed by atoms with Crippen molar-refractivity contribution < 1.29 is 14.3 Å². The maximum Gasteiger partial charge on any atom is 0.320 e. The molecule has 20 heavy (non-hydrogen) atoms. The van der Waals surface area contributed by atoms with Gasteiger partial charge in [0.25, 0.3) is 0 Å². The number of fused-ring (bicyclic) bond motifs is 1. The van der Waals surface area contributed by atoms with Gasteiger partial charge in [0.15, 0.2) is 4.67 Å². The summed E-state index contributed by atoms with van der Waals surface area (Å²) in [6.07, 6.45) is 5.51. The number of halogens is 1. The molecule has 2 aliphatic rings. The average Bonchev–Trinajstić information content (AvgIpc) is 3.01. The van der Waals surface area contributed by atoms with Crippen molar-refractivity contribution in [3.8, 4) is 0 Å². The van der Waals surface area contributed by atoms with Crippen LogP contribution in [0.4, 0.5) is 0 Å². The summed E-state index contributed by atoms with van der Waals surface area (Å²) >= 11 is 3.32. The molecule has 1 aliphatic heterocycles. The van der Waals surface area contributed by atoms with Crippen molar-refractivity contribution in [2.24, 2.45) is 5.92 Å². The molecule has 4 nitrogen and oxygen atoms in total. The minimum atomic E-state index is -0.697. The van der Waals surface area contributed by atoms with E-state index in [9.17, 15) is 9.90 Å². The molecule has 0 radical (unpaired) electrons. The standard InChI is InChI=1S/C15H20BrNO3/c1-9(13-6-7-14(16)20-13)17-11-5-3-2-4-10(11)8-12(17)15(18)19/h6-7,9-12H,2-5,8H2,1H3,(H,18,19). The van der Waals surface area contributed by atoms with Crippen LogP contribution in [0.5, 0.6) is 0 Å². The van der Waals surface area contributed by atoms with Crippen molar-refractivity contribution in [3.05, 3.63) is 22.6 Å². The molecule has 1 aliphatic carbocycles. The highest BCUT2D eigenvalue weighted by atomic mass is 79.9. The molecule has 1 saturated carbocycles. The zero-order valence-corrected chi connectivity index (χ0v) is 13.2. The van der Waals surface area contributed by atoms with Crippen LogP contribution in [0.1, 0.15) is 50.8 Å². The Morgan fingerprint density at radius 1 is 1.45 bits per heavy atom. The monoisotopic (exact) mass is 341 g/mol. The van der Waals surface area contributed by atoms with Gasteiger partial charge in [0, 0.05) is 6.04 Å². The lowest BCUT2D eigenvalue weighted by atomic mass is 9.84. The molecule has 4 atom stereocenters. The second kappa shape index (κ2) is 5.53. The van der Waals surface area contributed by atoms with Gasteiger partial charge in [-0.2, -0.15) is 0 Å². The molecule has 0 bridgehead atoms. The number of rotatable bonds is 3. The first-order valence-corrected chi connectivity index (χ1v) is 8.12. The van der Waals surface area contributed by atoms with Gasteiger partial charge in [-0.15, -0.1) is 0 Å². The molecule has 5 heteroatoms. The topological polar surface area (TPSA) is 53.7 Å². The number of furan rings is 1. The van der Waals surface area contributed by atoms with Crippen LogP contribution in [-0.2, 0) is 4.79 Å². The van der Waals surface area contributed by atoms with Gasteiger partial charge in [-0.05, 0) is 60.2 Å². The van der Waals surface area contributed by atoms with E-state index in [0.29, 0.717) is 16.6 Å². The molecular weight excluding hydrogens is 322 g/mol. The number of carboxylic acid groups (broad SMARTS) is 1. The predicted octanol–water partition coefficient (Wildman–Crippen LogP) is 3.82. The van der Waals surface area contributed by atoms with Crippen LogP contribution in [-0.4, -0.2) is 28.1 Å². The Morgan fingerprint density at radius 3 is 2.85 bits per heavy atom. The number of nitrogens with zero attached hydrogens (tertiary/aromatic N) is 1. The lowest BCUT2D eigenvalue weighted by molar-refractivity contribution is -0.143. The van der Waals surface area contributed by atoms with E-state index in [-0.39, 0.29) is 12.1 Å². The van der Waals surface area contributed by atoms with Gasteiger partial charge >= 0.3 is 5.97 Å². The Kier molecular flexibility index (Phi) is 3.91. The summed E-state index contributed by atoms with van der Waals surface area (Å²) in [5, 5.41) is 9.55. The number of aliphatic carboxylic acids is 1. The van der Waals surface area contributed by atoms with Gasteiger partial charge in [-0.1, -0.05) is 12.8 Å². The van der Waals surface area contributed by atoms with Crippen LogP contribution >= 0.6 is 15.9 Å². The molecule has 4 unspecified atom stereocenters. The number of likely N-dealkylation sites (tertiary alicyclic amines) is 1. The van der Waals surface area contributed by atoms with Crippen molar-refractivity contribution in [3.63, 3.8) is 0 Å². The second-order valence-electron chi connectivity index (χ2n) is 5.97. The summed E-state index contributed by atoms with van der Waals surface area (Å²) in [5.74, 6) is 0.678. The average molecular weight is 342 g/mol. The third-order valence-corrected chi connectivity index (χ3v) is 5.30. The molecule has 110 valence electrons. The molecular formula is C15H20BrNO3. The molecule has 1 aromatic heterocycles. The minimum Gasteiger partial charge on any atom is -0.480 e. The number of hydrogen-bond acceptors (Lipinski definition) is 3. The zero-order chi connectivity index (χ0) is 14.3. The van der Waals surface area contributed by atoms with Gasteiger partial charge in [-0.3, -0.25) is 9.69 Å². The second-order valence-corrected chi connectivity index (χ2v) is 6.75. The van der Waals surface area contributed by atoms with Gasteiger partial charge in [0.1, 0.15) is 11.8 Å². The van der Waals surface area contributed by atoms with Crippen molar-refractivity contribution >= 4 is 21.9 Å². The lowest BCUT2D eigenvalue weighted by Gasteiger charge is -2.36. The Labute approximate surface area is 127 Å². The van der Waals surface area contributed by atoms with E-state index in [4.69, 9.17) is 4.42 Å². The van der Waals surface area contributed by atoms with Crippen LogP contribution in [0.2, 0.25) is 0 Å². The number of carbonyl (C=O) groups is 1. The van der Waals surface area contributed by atoms with Crippen LogP contribution in [0.3, 0.4) is 0 Å². The summed E-state index contributed by atoms with van der Waals surface area (Å²) in [5.41, 5.74) is 0. The molecule has 0 spiro atoms. The molecule has 3 rings (SSSR count). The highest BCUT2D eigenvalue weighted by Gasteiger charge is 2.47. The van der Waals surface area contributed by atoms with Crippen molar-refractivity contribution in [1.29, 1.82) is 0 Å². The fourth-order valence-electron chi connectivity index (χ4n) is 3.98. The largest absolute Gasteiger partial charge is 0.480 e. The number of hydrogen-bond donors (Lipinski definition) is 1. The molecule has 1 N–H and O–H groups in total. The molecule has 2 fully saturated rings. The van der Waals surface area contributed by atoms with E-state index in [1.165, 1.54) is 19.3 Å². The molecule has 1 aromatic rings. The molecule has 0 amide bonds. The van der Waals surface area contributed by atoms with E-state index in [2.05, 4.69) is 27.8 Å². The minimum absolute atomic E-state index is 0.00972. The van der Waals surface area contributed by atoms with Crippen molar-refractivity contribution in [2.45, 2.75) is 57.2 Å². The predicted molar refractivity (Wildman–Crippen MR) is 78.4 cm³/mol. The highest BCUT2D eigenvalue weighted by molar-refractivity contribution is 9.10. The first-order chi connectivity index (χ1) is 9.58. The van der Waals surface area contributed by atoms with E-state index in [1.54, 1.807) is 0 Å². The number of carboxylic acids is 1. The van der Waals surface area contributed by atoms with E-state index < -0.39 is 5.97 Å². The highest BCUT2D eigenvalue weighted by Crippen LogP contribution is 2.44. The Bertz CT molecular complexity index is 501. The maximum absolute atomic E-state index is 11.6. The SMILES string of the molecule is CC(c1ccc(Br)o1)N1C(C(=O)O)CC2CCCCC21. The quantitative estimate of drug-likeness (QED) is 0.907. The maximum atomic E-state index is 11.6.